The lowest BCUT2D eigenvalue weighted by molar-refractivity contribution is -0.0314. The number of ether oxygens (including phenoxy) is 4. The Hall–Kier alpha value is -4.69. The lowest BCUT2D eigenvalue weighted by Gasteiger charge is -2.24. The summed E-state index contributed by atoms with van der Waals surface area (Å²) in [6.45, 7) is 4.85. The summed E-state index contributed by atoms with van der Waals surface area (Å²) < 4.78 is 43.6. The zero-order valence-corrected chi connectivity index (χ0v) is 29.3. The molecule has 14 nitrogen and oxygen atoms in total. The number of nitrogens with one attached hydrogen (secondary N) is 1. The quantitative estimate of drug-likeness (QED) is 0.0728. The summed E-state index contributed by atoms with van der Waals surface area (Å²) in [5, 5.41) is 8.39. The Morgan fingerprint density at radius 1 is 0.898 bits per heavy atom. The van der Waals surface area contributed by atoms with E-state index in [-0.39, 0.29) is 0 Å². The van der Waals surface area contributed by atoms with Gasteiger partial charge in [0.1, 0.15) is 6.29 Å². The first-order valence-electron chi connectivity index (χ1n) is 15.1. The number of nitrogens with zero attached hydrogens (tertiary/aromatic N) is 3. The molecule has 0 bridgehead atoms. The summed E-state index contributed by atoms with van der Waals surface area (Å²) in [5.41, 5.74) is 2.69. The SMILES string of the molecule is CC(C)OC(=O)OCOP(=O)(CN(C)C(=O)c1ccccc1Sc1ccc2c(/C=C/c3ccccn3)n[nH]c2c1)OCOC(=O)OC(C)C. The first-order valence-corrected chi connectivity index (χ1v) is 17.6. The summed E-state index contributed by atoms with van der Waals surface area (Å²) in [5.74, 6) is -0.500. The summed E-state index contributed by atoms with van der Waals surface area (Å²) in [6.07, 6.45) is 1.88. The van der Waals surface area contributed by atoms with Gasteiger partial charge in [-0.05, 0) is 82.3 Å². The van der Waals surface area contributed by atoms with E-state index in [1.165, 1.54) is 18.8 Å². The molecule has 49 heavy (non-hydrogen) atoms. The Balaban J connectivity index is 1.46. The number of benzene rings is 2. The molecular weight excluding hydrogens is 675 g/mol. The molecule has 0 aliphatic carbocycles. The van der Waals surface area contributed by atoms with E-state index in [4.69, 9.17) is 28.0 Å². The predicted octanol–water partition coefficient (Wildman–Crippen LogP) is 7.57. The van der Waals surface area contributed by atoms with Crippen LogP contribution in [0.1, 0.15) is 49.4 Å². The van der Waals surface area contributed by atoms with Crippen LogP contribution in [0.3, 0.4) is 0 Å². The summed E-state index contributed by atoms with van der Waals surface area (Å²) >= 11 is 1.36. The number of H-pyrrole nitrogens is 1. The van der Waals surface area contributed by atoms with Crippen molar-refractivity contribution in [3.8, 4) is 0 Å². The third kappa shape index (κ3) is 11.5. The average molecular weight is 713 g/mol. The highest BCUT2D eigenvalue weighted by Gasteiger charge is 2.32. The first kappa shape index (κ1) is 37.1. The Kier molecular flexibility index (Phi) is 13.4. The molecule has 260 valence electrons. The fraction of sp³-hybridized carbons (Fsp3) is 0.303. The number of fused-ring (bicyclic) bond motifs is 1. The molecule has 16 heteroatoms. The van der Waals surface area contributed by atoms with Gasteiger partial charge in [-0.3, -0.25) is 28.5 Å². The fourth-order valence-corrected chi connectivity index (χ4v) is 6.41. The third-order valence-corrected chi connectivity index (χ3v) is 9.09. The first-order chi connectivity index (χ1) is 23.4. The second kappa shape index (κ2) is 17.6. The van der Waals surface area contributed by atoms with Crippen LogP contribution in [0.25, 0.3) is 23.1 Å². The normalized spacial score (nSPS) is 11.7. The van der Waals surface area contributed by atoms with E-state index < -0.39 is 57.9 Å². The minimum absolute atomic E-state index is 0.318. The number of aromatic amines is 1. The molecule has 0 saturated carbocycles. The van der Waals surface area contributed by atoms with Crippen molar-refractivity contribution in [1.82, 2.24) is 20.1 Å². The molecule has 0 unspecified atom stereocenters. The van der Waals surface area contributed by atoms with Gasteiger partial charge in [0.05, 0.1) is 34.7 Å². The second-order valence-electron chi connectivity index (χ2n) is 10.9. The molecule has 0 saturated heterocycles. The van der Waals surface area contributed by atoms with Gasteiger partial charge in [0, 0.05) is 28.4 Å². The molecule has 2 aromatic carbocycles. The van der Waals surface area contributed by atoms with E-state index in [1.54, 1.807) is 58.2 Å². The monoisotopic (exact) mass is 712 g/mol. The molecule has 0 atom stereocenters. The highest BCUT2D eigenvalue weighted by Crippen LogP contribution is 2.49. The van der Waals surface area contributed by atoms with Crippen molar-refractivity contribution < 1.29 is 46.9 Å². The van der Waals surface area contributed by atoms with Crippen LogP contribution in [-0.2, 0) is 32.6 Å². The number of pyridine rings is 1. The smallest absolute Gasteiger partial charge is 0.432 e. The van der Waals surface area contributed by atoms with Crippen molar-refractivity contribution in [3.05, 3.63) is 83.8 Å². The second-order valence-corrected chi connectivity index (χ2v) is 14.0. The minimum atomic E-state index is -4.25. The summed E-state index contributed by atoms with van der Waals surface area (Å²) in [4.78, 5) is 44.2. The van der Waals surface area contributed by atoms with E-state index in [9.17, 15) is 18.9 Å². The number of rotatable bonds is 15. The van der Waals surface area contributed by atoms with Gasteiger partial charge in [-0.2, -0.15) is 5.10 Å². The van der Waals surface area contributed by atoms with Gasteiger partial charge in [-0.15, -0.1) is 0 Å². The van der Waals surface area contributed by atoms with Crippen LogP contribution in [0.5, 0.6) is 0 Å². The van der Waals surface area contributed by atoms with Crippen molar-refractivity contribution in [2.75, 3.05) is 26.9 Å². The molecule has 4 rings (SSSR count). The van der Waals surface area contributed by atoms with E-state index in [0.29, 0.717) is 10.5 Å². The molecule has 0 spiro atoms. The molecule has 0 radical (unpaired) electrons. The Morgan fingerprint density at radius 3 is 2.18 bits per heavy atom. The summed E-state index contributed by atoms with van der Waals surface area (Å²) in [7, 11) is -2.85. The van der Waals surface area contributed by atoms with Crippen LogP contribution in [-0.4, -0.2) is 77.4 Å². The van der Waals surface area contributed by atoms with Gasteiger partial charge in [-0.1, -0.05) is 30.0 Å². The highest BCUT2D eigenvalue weighted by atomic mass is 32.2. The molecule has 4 aromatic rings. The van der Waals surface area contributed by atoms with Crippen LogP contribution < -0.4 is 0 Å². The van der Waals surface area contributed by atoms with E-state index in [1.807, 2.05) is 48.6 Å². The lowest BCUT2D eigenvalue weighted by atomic mass is 10.2. The number of carbonyl (C=O) groups is 3. The number of hydrogen-bond donors (Lipinski definition) is 1. The molecule has 0 fully saturated rings. The van der Waals surface area contributed by atoms with Crippen LogP contribution in [0.15, 0.2) is 76.7 Å². The van der Waals surface area contributed by atoms with Gasteiger partial charge in [-0.25, -0.2) is 9.59 Å². The summed E-state index contributed by atoms with van der Waals surface area (Å²) in [6, 6.07) is 18.4. The van der Waals surface area contributed by atoms with E-state index in [2.05, 4.69) is 15.2 Å². The fourth-order valence-electron chi connectivity index (χ4n) is 4.12. The van der Waals surface area contributed by atoms with Crippen molar-refractivity contribution in [2.45, 2.75) is 49.7 Å². The zero-order chi connectivity index (χ0) is 35.4. The van der Waals surface area contributed by atoms with Crippen molar-refractivity contribution in [2.24, 2.45) is 0 Å². The molecule has 0 aliphatic heterocycles. The topological polar surface area (TPSA) is 168 Å². The third-order valence-electron chi connectivity index (χ3n) is 6.26. The van der Waals surface area contributed by atoms with Gasteiger partial charge >= 0.3 is 19.9 Å². The number of hydrogen-bond acceptors (Lipinski definition) is 13. The number of carbonyl (C=O) groups excluding carboxylic acids is 3. The largest absolute Gasteiger partial charge is 0.510 e. The van der Waals surface area contributed by atoms with Crippen molar-refractivity contribution in [1.29, 1.82) is 0 Å². The Bertz CT molecular complexity index is 1780. The van der Waals surface area contributed by atoms with E-state index in [0.717, 1.165) is 32.1 Å². The maximum absolute atomic E-state index is 13.7. The lowest BCUT2D eigenvalue weighted by Crippen LogP contribution is -2.29. The van der Waals surface area contributed by atoms with Gasteiger partial charge < -0.3 is 23.8 Å². The van der Waals surface area contributed by atoms with E-state index >= 15 is 0 Å². The molecular formula is C33H37N4O10PS. The van der Waals surface area contributed by atoms with Crippen molar-refractivity contribution in [3.63, 3.8) is 0 Å². The average Bonchev–Trinajstić information content (AvgIpc) is 3.45. The maximum Gasteiger partial charge on any atom is 0.510 e. The van der Waals surface area contributed by atoms with Crippen LogP contribution in [0.4, 0.5) is 9.59 Å². The number of amides is 1. The molecule has 1 amide bonds. The zero-order valence-electron chi connectivity index (χ0n) is 27.6. The Labute approximate surface area is 287 Å². The van der Waals surface area contributed by atoms with Crippen molar-refractivity contribution >= 4 is 60.6 Å². The van der Waals surface area contributed by atoms with Crippen LogP contribution in [0, 0.1) is 0 Å². The highest BCUT2D eigenvalue weighted by molar-refractivity contribution is 7.99. The standard InChI is InChI=1S/C33H37N4O10PS/c1-22(2)46-32(39)42-20-44-48(41,45-21-43-33(40)47-23(3)4)19-37(5)31(38)27-11-6-7-12-30(27)49-25-14-15-26-28(35-36-29(26)18-25)16-13-24-10-8-9-17-34-24/h6-18,22-23H,19-21H2,1-5H3,(H,35,36)/b16-13+. The van der Waals surface area contributed by atoms with Gasteiger partial charge in [0.25, 0.3) is 5.91 Å². The minimum Gasteiger partial charge on any atom is -0.432 e. The molecule has 2 heterocycles. The predicted molar refractivity (Wildman–Crippen MR) is 182 cm³/mol. The molecule has 1 N–H and O–H groups in total. The van der Waals surface area contributed by atoms with Gasteiger partial charge in [0.15, 0.2) is 0 Å². The van der Waals surface area contributed by atoms with Crippen LogP contribution in [0.2, 0.25) is 0 Å². The maximum atomic E-state index is 13.7. The van der Waals surface area contributed by atoms with Crippen LogP contribution >= 0.6 is 19.4 Å². The number of aromatic nitrogens is 3. The molecule has 2 aromatic heterocycles. The Morgan fingerprint density at radius 2 is 1.55 bits per heavy atom. The van der Waals surface area contributed by atoms with Gasteiger partial charge in [0.2, 0.25) is 13.6 Å². The molecule has 0 aliphatic rings.